The number of likely N-dealkylation sites (tertiary alicyclic amines) is 1. The number of aliphatic hydroxyl groups excluding tert-OH is 1. The molecular formula is C31H56N4O5. The summed E-state index contributed by atoms with van der Waals surface area (Å²) in [5, 5.41) is 16.8. The zero-order valence-electron chi connectivity index (χ0n) is 25.6. The zero-order chi connectivity index (χ0) is 30.0. The number of carbonyl (C=O) groups is 3. The number of unbranched alkanes of at least 4 members (excludes halogenated alkanes) is 3. The van der Waals surface area contributed by atoms with E-state index < -0.39 is 6.04 Å². The van der Waals surface area contributed by atoms with Crippen LogP contribution in [0.3, 0.4) is 0 Å². The number of aldehydes is 1. The molecule has 0 bridgehead atoms. The highest BCUT2D eigenvalue weighted by Crippen LogP contribution is 2.28. The molecule has 1 aliphatic carbocycles. The predicted octanol–water partition coefficient (Wildman–Crippen LogP) is 3.40. The van der Waals surface area contributed by atoms with Crippen LogP contribution < -0.4 is 16.0 Å². The summed E-state index contributed by atoms with van der Waals surface area (Å²) in [6.07, 6.45) is 11.0. The molecule has 9 nitrogen and oxygen atoms in total. The van der Waals surface area contributed by atoms with Crippen LogP contribution in [0.15, 0.2) is 24.3 Å². The molecule has 1 saturated heterocycles. The Morgan fingerprint density at radius 3 is 2.35 bits per heavy atom. The molecule has 2 amide bonds. The van der Waals surface area contributed by atoms with E-state index in [4.69, 9.17) is 9.84 Å². The van der Waals surface area contributed by atoms with Crippen molar-refractivity contribution in [3.63, 3.8) is 0 Å². The summed E-state index contributed by atoms with van der Waals surface area (Å²) in [7, 11) is 3.84. The van der Waals surface area contributed by atoms with E-state index in [1.165, 1.54) is 43.5 Å². The van der Waals surface area contributed by atoms with Gasteiger partial charge in [0.15, 0.2) is 0 Å². The molecule has 1 aliphatic heterocycles. The zero-order valence-corrected chi connectivity index (χ0v) is 25.6. The molecule has 2 aliphatic rings. The second-order valence-electron chi connectivity index (χ2n) is 9.91. The van der Waals surface area contributed by atoms with Gasteiger partial charge in [-0.1, -0.05) is 51.0 Å². The fourth-order valence-electron chi connectivity index (χ4n) is 4.48. The van der Waals surface area contributed by atoms with Crippen molar-refractivity contribution in [2.24, 2.45) is 0 Å². The number of aliphatic hydroxyl groups is 1. The van der Waals surface area contributed by atoms with Crippen LogP contribution in [0, 0.1) is 0 Å². The SMILES string of the molecule is CC.CN1CCCC1.CNCC(=O)NC(C=O)C(C)OCCCCCCO.O=CNC1CCCc2ccccc21. The first-order valence-electron chi connectivity index (χ1n) is 15.0. The second-order valence-corrected chi connectivity index (χ2v) is 9.91. The first-order valence-corrected chi connectivity index (χ1v) is 15.0. The molecule has 3 unspecified atom stereocenters. The van der Waals surface area contributed by atoms with Gasteiger partial charge >= 0.3 is 0 Å². The van der Waals surface area contributed by atoms with E-state index >= 15 is 0 Å². The Balaban J connectivity index is 0.000000616. The number of likely N-dealkylation sites (N-methyl/N-ethyl adjacent to an activating group) is 1. The molecule has 0 spiro atoms. The lowest BCUT2D eigenvalue weighted by Crippen LogP contribution is -2.47. The number of rotatable bonds is 14. The molecule has 3 rings (SSSR count). The molecule has 9 heteroatoms. The average molecular weight is 565 g/mol. The third-order valence-electron chi connectivity index (χ3n) is 6.72. The number of nitrogens with zero attached hydrogens (tertiary/aromatic N) is 1. The van der Waals surface area contributed by atoms with E-state index in [1.807, 2.05) is 19.9 Å². The monoisotopic (exact) mass is 564 g/mol. The van der Waals surface area contributed by atoms with Crippen molar-refractivity contribution in [3.05, 3.63) is 35.4 Å². The number of amides is 2. The van der Waals surface area contributed by atoms with Gasteiger partial charge in [-0.2, -0.15) is 0 Å². The van der Waals surface area contributed by atoms with E-state index in [9.17, 15) is 14.4 Å². The van der Waals surface area contributed by atoms with E-state index in [0.29, 0.717) is 12.9 Å². The highest BCUT2D eigenvalue weighted by atomic mass is 16.5. The number of benzene rings is 1. The number of hydrogen-bond acceptors (Lipinski definition) is 7. The molecule has 4 N–H and O–H groups in total. The maximum absolute atomic E-state index is 11.4. The van der Waals surface area contributed by atoms with Crippen LogP contribution in [0.5, 0.6) is 0 Å². The van der Waals surface area contributed by atoms with Gasteiger partial charge in [0.05, 0.1) is 18.7 Å². The van der Waals surface area contributed by atoms with Gasteiger partial charge in [0, 0.05) is 13.2 Å². The molecule has 0 saturated carbocycles. The van der Waals surface area contributed by atoms with Gasteiger partial charge in [0.2, 0.25) is 12.3 Å². The van der Waals surface area contributed by atoms with Crippen LogP contribution in [0.1, 0.15) is 89.3 Å². The molecule has 0 aromatic heterocycles. The van der Waals surface area contributed by atoms with E-state index in [-0.39, 0.29) is 31.2 Å². The molecular weight excluding hydrogens is 508 g/mol. The molecule has 40 heavy (non-hydrogen) atoms. The van der Waals surface area contributed by atoms with Crippen molar-refractivity contribution in [1.29, 1.82) is 0 Å². The van der Waals surface area contributed by atoms with Crippen LogP contribution in [0.25, 0.3) is 0 Å². The molecule has 1 fully saturated rings. The van der Waals surface area contributed by atoms with Gasteiger partial charge < -0.3 is 35.5 Å². The lowest BCUT2D eigenvalue weighted by molar-refractivity contribution is -0.125. The molecule has 0 radical (unpaired) electrons. The number of fused-ring (bicyclic) bond motifs is 1. The van der Waals surface area contributed by atoms with Crippen molar-refractivity contribution in [2.75, 3.05) is 46.9 Å². The van der Waals surface area contributed by atoms with Gasteiger partial charge in [-0.05, 0) is 90.2 Å². The van der Waals surface area contributed by atoms with E-state index in [0.717, 1.165) is 44.9 Å². The Morgan fingerprint density at radius 1 is 1.10 bits per heavy atom. The fourth-order valence-corrected chi connectivity index (χ4v) is 4.48. The van der Waals surface area contributed by atoms with Gasteiger partial charge in [-0.3, -0.25) is 9.59 Å². The minimum Gasteiger partial charge on any atom is -0.396 e. The quantitative estimate of drug-likeness (QED) is 0.202. The molecule has 230 valence electrons. The fraction of sp³-hybridized carbons (Fsp3) is 0.710. The summed E-state index contributed by atoms with van der Waals surface area (Å²) in [5.74, 6) is -0.224. The smallest absolute Gasteiger partial charge is 0.234 e. The third kappa shape index (κ3) is 17.4. The molecule has 1 aromatic rings. The summed E-state index contributed by atoms with van der Waals surface area (Å²) in [6, 6.07) is 7.97. The Kier molecular flexibility index (Phi) is 24.1. The molecule has 1 aromatic carbocycles. The maximum Gasteiger partial charge on any atom is 0.234 e. The molecule has 3 atom stereocenters. The Bertz CT molecular complexity index is 774. The summed E-state index contributed by atoms with van der Waals surface area (Å²) in [5.41, 5.74) is 2.67. The van der Waals surface area contributed by atoms with Gasteiger partial charge in [0.1, 0.15) is 12.3 Å². The predicted molar refractivity (Wildman–Crippen MR) is 162 cm³/mol. The number of hydrogen-bond donors (Lipinski definition) is 4. The first kappa shape index (κ1) is 37.7. The minimum atomic E-state index is -0.613. The lowest BCUT2D eigenvalue weighted by atomic mass is 9.88. The second kappa shape index (κ2) is 25.6. The summed E-state index contributed by atoms with van der Waals surface area (Å²) in [6.45, 7) is 9.37. The van der Waals surface area contributed by atoms with Crippen LogP contribution >= 0.6 is 0 Å². The number of carbonyl (C=O) groups excluding carboxylic acids is 3. The lowest BCUT2D eigenvalue weighted by Gasteiger charge is -2.24. The summed E-state index contributed by atoms with van der Waals surface area (Å²) < 4.78 is 5.53. The minimum absolute atomic E-state index is 0.179. The van der Waals surface area contributed by atoms with Crippen molar-refractivity contribution in [3.8, 4) is 0 Å². The Hall–Kier alpha value is -2.33. The van der Waals surface area contributed by atoms with E-state index in [1.54, 1.807) is 14.0 Å². The normalized spacial score (nSPS) is 17.2. The Labute approximate surface area is 242 Å². The number of ether oxygens (including phenoxy) is 1. The first-order chi connectivity index (χ1) is 19.5. The summed E-state index contributed by atoms with van der Waals surface area (Å²) in [4.78, 5) is 35.0. The van der Waals surface area contributed by atoms with Crippen LogP contribution in [0.4, 0.5) is 0 Å². The van der Waals surface area contributed by atoms with Gasteiger partial charge in [-0.25, -0.2) is 0 Å². The van der Waals surface area contributed by atoms with Gasteiger partial charge in [0.25, 0.3) is 0 Å². The largest absolute Gasteiger partial charge is 0.396 e. The number of nitrogens with one attached hydrogen (secondary N) is 3. The standard InChI is InChI=1S/C13H26N2O4.C11H13NO.C5H11N.C2H6/c1-11(19-8-6-4-3-5-7-16)12(10-17)15-13(18)9-14-2;13-8-12-11-7-3-5-9-4-1-2-6-10(9)11;1-6-4-2-3-5-6;1-2/h10-12,14,16H,3-9H2,1-2H3,(H,15,18);1-2,4,6,8,11H,3,5,7H2,(H,12,13);2-5H2,1H3;1-2H3. The third-order valence-corrected chi connectivity index (χ3v) is 6.72. The average Bonchev–Trinajstić information content (AvgIpc) is 3.46. The highest BCUT2D eigenvalue weighted by molar-refractivity contribution is 5.81. The van der Waals surface area contributed by atoms with Crippen LogP contribution in [0.2, 0.25) is 0 Å². The molecule has 1 heterocycles. The van der Waals surface area contributed by atoms with Crippen LogP contribution in [-0.2, 0) is 25.5 Å². The Morgan fingerprint density at radius 2 is 1.77 bits per heavy atom. The van der Waals surface area contributed by atoms with Crippen molar-refractivity contribution >= 4 is 18.6 Å². The van der Waals surface area contributed by atoms with Gasteiger partial charge in [-0.15, -0.1) is 0 Å². The van der Waals surface area contributed by atoms with E-state index in [2.05, 4.69) is 46.1 Å². The topological polar surface area (TPSA) is 120 Å². The number of aryl methyl sites for hydroxylation is 1. The summed E-state index contributed by atoms with van der Waals surface area (Å²) >= 11 is 0. The van der Waals surface area contributed by atoms with Crippen LogP contribution in [-0.4, -0.2) is 87.7 Å². The van der Waals surface area contributed by atoms with Crippen molar-refractivity contribution in [1.82, 2.24) is 20.9 Å². The van der Waals surface area contributed by atoms with Crippen molar-refractivity contribution < 1.29 is 24.2 Å². The van der Waals surface area contributed by atoms with Crippen molar-refractivity contribution in [2.45, 2.75) is 96.7 Å². The highest BCUT2D eigenvalue weighted by Gasteiger charge is 2.19. The maximum atomic E-state index is 11.4.